The third-order valence-electron chi connectivity index (χ3n) is 2.73. The number of rotatable bonds is 4. The van der Waals surface area contributed by atoms with E-state index in [0.717, 1.165) is 22.8 Å². The Labute approximate surface area is 115 Å². The van der Waals surface area contributed by atoms with Crippen LogP contribution in [0.2, 0.25) is 0 Å². The molecule has 0 aliphatic heterocycles. The standard InChI is InChI=1S/C12H11F3N2O4/c13-12(14,15)21-7-2-3-9-8(6-7)10(19)17(4-1-5-18)11(20)16-9/h2-3,6,18H,1,4-5H2,(H,16,20). The van der Waals surface area contributed by atoms with Crippen LogP contribution in [-0.2, 0) is 6.54 Å². The van der Waals surface area contributed by atoms with Crippen molar-refractivity contribution in [3.05, 3.63) is 39.0 Å². The quantitative estimate of drug-likeness (QED) is 0.881. The lowest BCUT2D eigenvalue weighted by Crippen LogP contribution is -2.35. The summed E-state index contributed by atoms with van der Waals surface area (Å²) in [7, 11) is 0. The number of hydrogen-bond acceptors (Lipinski definition) is 4. The first-order chi connectivity index (χ1) is 9.81. The van der Waals surface area contributed by atoms with Gasteiger partial charge in [-0.05, 0) is 24.6 Å². The van der Waals surface area contributed by atoms with Gasteiger partial charge in [0.25, 0.3) is 5.56 Å². The summed E-state index contributed by atoms with van der Waals surface area (Å²) in [4.78, 5) is 26.2. The van der Waals surface area contributed by atoms with Crippen LogP contribution in [0.25, 0.3) is 10.9 Å². The van der Waals surface area contributed by atoms with Gasteiger partial charge in [-0.1, -0.05) is 0 Å². The van der Waals surface area contributed by atoms with Crippen molar-refractivity contribution >= 4 is 10.9 Å². The SMILES string of the molecule is O=c1[nH]c2ccc(OC(F)(F)F)cc2c(=O)n1CCCO. The molecule has 6 nitrogen and oxygen atoms in total. The fraction of sp³-hybridized carbons (Fsp3) is 0.333. The zero-order valence-corrected chi connectivity index (χ0v) is 10.6. The molecule has 0 radical (unpaired) electrons. The van der Waals surface area contributed by atoms with Crippen molar-refractivity contribution in [1.82, 2.24) is 9.55 Å². The normalized spacial score (nSPS) is 11.8. The van der Waals surface area contributed by atoms with E-state index in [1.807, 2.05) is 0 Å². The van der Waals surface area contributed by atoms with Gasteiger partial charge in [-0.3, -0.25) is 9.36 Å². The number of halogens is 3. The van der Waals surface area contributed by atoms with Gasteiger partial charge in [0, 0.05) is 13.2 Å². The summed E-state index contributed by atoms with van der Waals surface area (Å²) in [6.45, 7) is -0.258. The molecule has 0 saturated heterocycles. The number of H-pyrrole nitrogens is 1. The smallest absolute Gasteiger partial charge is 0.406 e. The molecule has 1 aromatic heterocycles. The lowest BCUT2D eigenvalue weighted by atomic mass is 10.2. The average Bonchev–Trinajstić information content (AvgIpc) is 2.38. The number of fused-ring (bicyclic) bond motifs is 1. The number of aromatic amines is 1. The van der Waals surface area contributed by atoms with Crippen LogP contribution < -0.4 is 16.0 Å². The highest BCUT2D eigenvalue weighted by Gasteiger charge is 2.31. The molecule has 21 heavy (non-hydrogen) atoms. The Balaban J connectivity index is 2.55. The van der Waals surface area contributed by atoms with E-state index in [4.69, 9.17) is 5.11 Å². The van der Waals surface area contributed by atoms with Gasteiger partial charge in [0.1, 0.15) is 5.75 Å². The van der Waals surface area contributed by atoms with E-state index in [9.17, 15) is 22.8 Å². The Morgan fingerprint density at radius 1 is 1.29 bits per heavy atom. The molecular weight excluding hydrogens is 293 g/mol. The van der Waals surface area contributed by atoms with Crippen molar-refractivity contribution in [2.24, 2.45) is 0 Å². The molecule has 114 valence electrons. The highest BCUT2D eigenvalue weighted by atomic mass is 19.4. The molecule has 2 aromatic rings. The molecule has 0 bridgehead atoms. The number of benzene rings is 1. The van der Waals surface area contributed by atoms with Gasteiger partial charge in [0.15, 0.2) is 0 Å². The fourth-order valence-corrected chi connectivity index (χ4v) is 1.86. The molecule has 0 atom stereocenters. The van der Waals surface area contributed by atoms with E-state index in [1.165, 1.54) is 0 Å². The van der Waals surface area contributed by atoms with E-state index in [2.05, 4.69) is 9.72 Å². The molecular formula is C12H11F3N2O4. The predicted molar refractivity (Wildman–Crippen MR) is 67.2 cm³/mol. The molecule has 0 saturated carbocycles. The van der Waals surface area contributed by atoms with Crippen molar-refractivity contribution in [2.45, 2.75) is 19.3 Å². The third-order valence-corrected chi connectivity index (χ3v) is 2.73. The highest BCUT2D eigenvalue weighted by Crippen LogP contribution is 2.24. The minimum absolute atomic E-state index is 0.0367. The summed E-state index contributed by atoms with van der Waals surface area (Å²) < 4.78 is 41.0. The van der Waals surface area contributed by atoms with Crippen LogP contribution in [0.3, 0.4) is 0 Å². The largest absolute Gasteiger partial charge is 0.573 e. The fourth-order valence-electron chi connectivity index (χ4n) is 1.86. The number of hydrogen-bond donors (Lipinski definition) is 2. The van der Waals surface area contributed by atoms with Crippen LogP contribution in [0.15, 0.2) is 27.8 Å². The van der Waals surface area contributed by atoms with Crippen LogP contribution >= 0.6 is 0 Å². The summed E-state index contributed by atoms with van der Waals surface area (Å²) in [5.41, 5.74) is -1.32. The van der Waals surface area contributed by atoms with Crippen molar-refractivity contribution in [2.75, 3.05) is 6.61 Å². The number of aromatic nitrogens is 2. The monoisotopic (exact) mass is 304 g/mol. The maximum atomic E-state index is 12.2. The Morgan fingerprint density at radius 3 is 2.62 bits per heavy atom. The summed E-state index contributed by atoms with van der Waals surface area (Å²) in [6, 6.07) is 3.08. The molecule has 1 aromatic carbocycles. The molecule has 0 fully saturated rings. The summed E-state index contributed by atoms with van der Waals surface area (Å²) >= 11 is 0. The van der Waals surface area contributed by atoms with E-state index >= 15 is 0 Å². The first-order valence-electron chi connectivity index (χ1n) is 5.95. The lowest BCUT2D eigenvalue weighted by Gasteiger charge is -2.10. The second kappa shape index (κ2) is 5.60. The molecule has 9 heteroatoms. The van der Waals surface area contributed by atoms with E-state index in [-0.39, 0.29) is 30.5 Å². The van der Waals surface area contributed by atoms with Gasteiger partial charge in [0.05, 0.1) is 10.9 Å². The average molecular weight is 304 g/mol. The molecule has 0 spiro atoms. The first kappa shape index (κ1) is 15.1. The molecule has 2 rings (SSSR count). The number of alkyl halides is 3. The summed E-state index contributed by atoms with van der Waals surface area (Å²) in [6.07, 6.45) is -4.70. The summed E-state index contributed by atoms with van der Waals surface area (Å²) in [5.74, 6) is -0.548. The van der Waals surface area contributed by atoms with Gasteiger partial charge < -0.3 is 14.8 Å². The Kier molecular flexibility index (Phi) is 4.03. The topological polar surface area (TPSA) is 84.3 Å². The minimum Gasteiger partial charge on any atom is -0.406 e. The van der Waals surface area contributed by atoms with Crippen molar-refractivity contribution in [1.29, 1.82) is 0 Å². The van der Waals surface area contributed by atoms with Crippen molar-refractivity contribution in [3.63, 3.8) is 0 Å². The van der Waals surface area contributed by atoms with Crippen LogP contribution in [0.4, 0.5) is 13.2 Å². The Hall–Kier alpha value is -2.29. The number of ether oxygens (including phenoxy) is 1. The van der Waals surface area contributed by atoms with Gasteiger partial charge in [-0.2, -0.15) is 0 Å². The van der Waals surface area contributed by atoms with E-state index in [0.29, 0.717) is 0 Å². The van der Waals surface area contributed by atoms with Crippen LogP contribution in [-0.4, -0.2) is 27.6 Å². The summed E-state index contributed by atoms with van der Waals surface area (Å²) in [5, 5.41) is 8.62. The van der Waals surface area contributed by atoms with Crippen LogP contribution in [0.5, 0.6) is 5.75 Å². The maximum absolute atomic E-state index is 12.2. The second-order valence-corrected chi connectivity index (χ2v) is 4.22. The second-order valence-electron chi connectivity index (χ2n) is 4.22. The van der Waals surface area contributed by atoms with Gasteiger partial charge in [-0.15, -0.1) is 13.2 Å². The molecule has 0 aliphatic carbocycles. The Bertz CT molecular complexity index is 764. The maximum Gasteiger partial charge on any atom is 0.573 e. The number of aliphatic hydroxyl groups is 1. The third kappa shape index (κ3) is 3.43. The molecule has 2 N–H and O–H groups in total. The van der Waals surface area contributed by atoms with Crippen LogP contribution in [0.1, 0.15) is 6.42 Å². The number of nitrogens with zero attached hydrogens (tertiary/aromatic N) is 1. The molecule has 1 heterocycles. The molecule has 0 amide bonds. The van der Waals surface area contributed by atoms with Gasteiger partial charge in [-0.25, -0.2) is 4.79 Å². The zero-order valence-electron chi connectivity index (χ0n) is 10.6. The van der Waals surface area contributed by atoms with Crippen LogP contribution in [0, 0.1) is 0 Å². The number of aliphatic hydroxyl groups excluding tert-OH is 1. The van der Waals surface area contributed by atoms with E-state index < -0.39 is 23.4 Å². The molecule has 0 unspecified atom stereocenters. The van der Waals surface area contributed by atoms with Gasteiger partial charge >= 0.3 is 12.1 Å². The molecule has 0 aliphatic rings. The lowest BCUT2D eigenvalue weighted by molar-refractivity contribution is -0.274. The predicted octanol–water partition coefficient (Wildman–Crippen LogP) is 0.971. The van der Waals surface area contributed by atoms with Crippen molar-refractivity contribution in [3.8, 4) is 5.75 Å². The van der Waals surface area contributed by atoms with Crippen molar-refractivity contribution < 1.29 is 23.0 Å². The Morgan fingerprint density at radius 2 is 2.00 bits per heavy atom. The number of nitrogens with one attached hydrogen (secondary N) is 1. The van der Waals surface area contributed by atoms with Gasteiger partial charge in [0.2, 0.25) is 0 Å². The highest BCUT2D eigenvalue weighted by molar-refractivity contribution is 5.78. The van der Waals surface area contributed by atoms with E-state index in [1.54, 1.807) is 0 Å². The zero-order chi connectivity index (χ0) is 15.6. The minimum atomic E-state index is -4.87. The first-order valence-corrected chi connectivity index (χ1v) is 5.95.